The molecule has 0 spiro atoms. The minimum atomic E-state index is -2.30. The summed E-state index contributed by atoms with van der Waals surface area (Å²) in [6.45, 7) is 12.8. The van der Waals surface area contributed by atoms with E-state index in [4.69, 9.17) is 9.42 Å². The average Bonchev–Trinajstić information content (AvgIpc) is 2.02. The fraction of sp³-hybridized carbons (Fsp3) is 1.00. The molecule has 0 aliphatic rings. The summed E-state index contributed by atoms with van der Waals surface area (Å²) >= 11 is -2.30. The van der Waals surface area contributed by atoms with Gasteiger partial charge in [-0.25, -0.2) is 0 Å². The van der Waals surface area contributed by atoms with Crippen molar-refractivity contribution in [3.05, 3.63) is 0 Å². The normalized spacial score (nSPS) is 14.9. The third kappa shape index (κ3) is 6.14. The Morgan fingerprint density at radius 2 is 1.21 bits per heavy atom. The molecule has 4 heteroatoms. The van der Waals surface area contributed by atoms with E-state index in [-0.39, 0.29) is 11.1 Å². The van der Waals surface area contributed by atoms with Gasteiger partial charge < -0.3 is 0 Å². The molecule has 0 N–H and O–H groups in total. The summed E-state index contributed by atoms with van der Waals surface area (Å²) in [4.78, 5) is 0. The van der Waals surface area contributed by atoms with Crippen LogP contribution in [0.1, 0.15) is 54.4 Å². The molecule has 0 aromatic carbocycles. The first kappa shape index (κ1) is 14.6. The van der Waals surface area contributed by atoms with E-state index in [1.165, 1.54) is 0 Å². The zero-order chi connectivity index (χ0) is 11.4. The van der Waals surface area contributed by atoms with E-state index in [0.29, 0.717) is 0 Å². The minimum absolute atomic E-state index is 0.0167. The van der Waals surface area contributed by atoms with Gasteiger partial charge >= 0.3 is 97.8 Å². The Bertz CT molecular complexity index is 239. The van der Waals surface area contributed by atoms with E-state index in [9.17, 15) is 0 Å². The van der Waals surface area contributed by atoms with Crippen molar-refractivity contribution in [1.82, 2.24) is 0 Å². The van der Waals surface area contributed by atoms with E-state index in [1.54, 1.807) is 0 Å². The third-order valence-electron chi connectivity index (χ3n) is 2.38. The van der Waals surface area contributed by atoms with Crippen molar-refractivity contribution in [1.29, 1.82) is 0 Å². The van der Waals surface area contributed by atoms with Crippen molar-refractivity contribution in [3.8, 4) is 0 Å². The molecule has 0 amide bonds. The van der Waals surface area contributed by atoms with Gasteiger partial charge in [-0.1, -0.05) is 0 Å². The van der Waals surface area contributed by atoms with Crippen molar-refractivity contribution < 1.29 is 15.9 Å². The monoisotopic (exact) mass is 389 g/mol. The maximum absolute atomic E-state index is 6.27. The molecule has 0 aliphatic heterocycles. The van der Waals surface area contributed by atoms with E-state index < -0.39 is 15.9 Å². The molecule has 0 saturated carbocycles. The van der Waals surface area contributed by atoms with Gasteiger partial charge in [0.2, 0.25) is 0 Å². The van der Waals surface area contributed by atoms with Crippen LogP contribution in [0, 0.1) is 0 Å². The van der Waals surface area contributed by atoms with Crippen LogP contribution >= 0.6 is 9.42 Å². The number of halogens is 1. The molecule has 0 atom stereocenters. The maximum atomic E-state index is 6.27. The Balaban J connectivity index is 4.86. The molecular weight excluding hydrogens is 367 g/mol. The Hall–Kier alpha value is 0.578. The summed E-state index contributed by atoms with van der Waals surface area (Å²) in [7, 11) is 6.27. The van der Waals surface area contributed by atoms with Gasteiger partial charge in [0.05, 0.1) is 0 Å². The van der Waals surface area contributed by atoms with Crippen LogP contribution in [0.5, 0.6) is 0 Å². The number of nitrogens with zero attached hydrogens (tertiary/aromatic N) is 2. The van der Waals surface area contributed by atoms with Crippen LogP contribution in [0.2, 0.25) is 0 Å². The van der Waals surface area contributed by atoms with Gasteiger partial charge in [0.15, 0.2) is 0 Å². The van der Waals surface area contributed by atoms with Crippen LogP contribution in [0.15, 0.2) is 6.99 Å². The molecular formula is C10H22ClN2W. The molecule has 0 rings (SSSR count). The Labute approximate surface area is 97.6 Å². The van der Waals surface area contributed by atoms with Crippen LogP contribution in [-0.4, -0.2) is 11.1 Å². The van der Waals surface area contributed by atoms with Gasteiger partial charge in [-0.3, -0.25) is 0 Å². The molecule has 0 aromatic rings. The van der Waals surface area contributed by atoms with Crippen molar-refractivity contribution in [2.45, 2.75) is 65.5 Å². The standard InChI is InChI=1S/2C5H11N.ClH.W/c2*1-4-5(2,3)6;;/h2*4H2,1-3H3;1H;/q;;;+1/p-1. The van der Waals surface area contributed by atoms with Crippen molar-refractivity contribution in [2.24, 2.45) is 6.99 Å². The van der Waals surface area contributed by atoms with Crippen LogP contribution in [0.25, 0.3) is 0 Å². The Morgan fingerprint density at radius 3 is 1.43 bits per heavy atom. The quantitative estimate of drug-likeness (QED) is 0.676. The van der Waals surface area contributed by atoms with Crippen molar-refractivity contribution >= 4 is 9.42 Å². The molecule has 0 radical (unpaired) electrons. The Morgan fingerprint density at radius 1 is 0.929 bits per heavy atom. The molecule has 14 heavy (non-hydrogen) atoms. The van der Waals surface area contributed by atoms with Gasteiger partial charge in [-0.05, 0) is 0 Å². The number of hydrogen-bond donors (Lipinski definition) is 0. The Kier molecular flexibility index (Phi) is 5.84. The molecule has 0 unspecified atom stereocenters. The SMILES string of the molecule is CCC(C)(C)[N]=[W]([Cl])=[N]C(C)(C)CC. The van der Waals surface area contributed by atoms with Crippen LogP contribution in [-0.2, 0) is 15.9 Å². The fourth-order valence-corrected chi connectivity index (χ4v) is 7.62. The van der Waals surface area contributed by atoms with Crippen molar-refractivity contribution in [2.75, 3.05) is 0 Å². The van der Waals surface area contributed by atoms with Crippen LogP contribution in [0.4, 0.5) is 0 Å². The van der Waals surface area contributed by atoms with Gasteiger partial charge in [0.25, 0.3) is 0 Å². The summed E-state index contributed by atoms with van der Waals surface area (Å²) in [6, 6.07) is 0. The molecule has 0 bridgehead atoms. The fourth-order valence-electron chi connectivity index (χ4n) is 0.557. The molecule has 0 aliphatic carbocycles. The molecule has 85 valence electrons. The number of hydrogen-bond acceptors (Lipinski definition) is 2. The van der Waals surface area contributed by atoms with Gasteiger partial charge in [0.1, 0.15) is 0 Å². The predicted molar refractivity (Wildman–Crippen MR) is 59.4 cm³/mol. The molecule has 2 nitrogen and oxygen atoms in total. The van der Waals surface area contributed by atoms with Crippen LogP contribution in [0.3, 0.4) is 0 Å². The molecule has 0 aromatic heterocycles. The van der Waals surface area contributed by atoms with Gasteiger partial charge in [-0.15, -0.1) is 0 Å². The second-order valence-corrected chi connectivity index (χ2v) is 9.88. The van der Waals surface area contributed by atoms with E-state index in [1.807, 2.05) is 0 Å². The summed E-state index contributed by atoms with van der Waals surface area (Å²) in [5.74, 6) is 0. The van der Waals surface area contributed by atoms with E-state index in [2.05, 4.69) is 48.5 Å². The zero-order valence-electron chi connectivity index (χ0n) is 10.1. The molecule has 0 heterocycles. The average molecular weight is 390 g/mol. The third-order valence-corrected chi connectivity index (χ3v) is 8.14. The van der Waals surface area contributed by atoms with Crippen molar-refractivity contribution in [3.63, 3.8) is 0 Å². The first-order chi connectivity index (χ1) is 6.22. The summed E-state index contributed by atoms with van der Waals surface area (Å²) in [6.07, 6.45) is 2.07. The molecule has 0 saturated heterocycles. The summed E-state index contributed by atoms with van der Waals surface area (Å²) in [5.41, 5.74) is 0.0334. The first-order valence-corrected chi connectivity index (χ1v) is 11.3. The zero-order valence-corrected chi connectivity index (χ0v) is 13.8. The van der Waals surface area contributed by atoms with E-state index >= 15 is 0 Å². The van der Waals surface area contributed by atoms with E-state index in [0.717, 1.165) is 12.8 Å². The topological polar surface area (TPSA) is 24.7 Å². The second kappa shape index (κ2) is 5.60. The van der Waals surface area contributed by atoms with Crippen LogP contribution < -0.4 is 0 Å². The summed E-state index contributed by atoms with van der Waals surface area (Å²) in [5, 5.41) is 0. The summed E-state index contributed by atoms with van der Waals surface area (Å²) < 4.78 is 9.31. The van der Waals surface area contributed by atoms with Gasteiger partial charge in [0, 0.05) is 0 Å². The second-order valence-electron chi connectivity index (χ2n) is 4.73. The first-order valence-electron chi connectivity index (χ1n) is 5.09. The number of rotatable bonds is 4. The van der Waals surface area contributed by atoms with Gasteiger partial charge in [-0.2, -0.15) is 0 Å². The molecule has 0 fully saturated rings. The predicted octanol–water partition coefficient (Wildman–Crippen LogP) is 4.50.